The Labute approximate surface area is 156 Å². The van der Waals surface area contributed by atoms with E-state index < -0.39 is 0 Å². The average molecular weight is 373 g/mol. The van der Waals surface area contributed by atoms with Gasteiger partial charge in [-0.25, -0.2) is 0 Å². The van der Waals surface area contributed by atoms with Gasteiger partial charge in [-0.1, -0.05) is 19.1 Å². The maximum atomic E-state index is 12.3. The second kappa shape index (κ2) is 8.23. The van der Waals surface area contributed by atoms with E-state index in [1.165, 1.54) is 28.2 Å². The molecule has 2 amide bonds. The minimum absolute atomic E-state index is 0.0269. The molecule has 1 unspecified atom stereocenters. The van der Waals surface area contributed by atoms with Crippen LogP contribution in [0.5, 0.6) is 5.75 Å². The van der Waals surface area contributed by atoms with Gasteiger partial charge in [0.25, 0.3) is 11.8 Å². The van der Waals surface area contributed by atoms with Crippen LogP contribution in [-0.2, 0) is 17.6 Å². The second-order valence-corrected chi connectivity index (χ2v) is 7.60. The molecular formula is C19H23N3O3S. The summed E-state index contributed by atoms with van der Waals surface area (Å²) in [7, 11) is 1.57. The third-order valence-corrected chi connectivity index (χ3v) is 5.65. The summed E-state index contributed by atoms with van der Waals surface area (Å²) in [5, 5.41) is 2.99. The number of fused-ring (bicyclic) bond motifs is 1. The number of thiophene rings is 1. The normalized spacial score (nSPS) is 15.7. The summed E-state index contributed by atoms with van der Waals surface area (Å²) in [5.74, 6) is 0.707. The Bertz CT molecular complexity index is 803. The molecule has 0 saturated heterocycles. The van der Waals surface area contributed by atoms with Gasteiger partial charge in [0.05, 0.1) is 24.2 Å². The lowest BCUT2D eigenvalue weighted by Gasteiger charge is -2.16. The predicted octanol–water partition coefficient (Wildman–Crippen LogP) is 2.75. The predicted molar refractivity (Wildman–Crippen MR) is 103 cm³/mol. The van der Waals surface area contributed by atoms with E-state index in [-0.39, 0.29) is 18.4 Å². The van der Waals surface area contributed by atoms with Gasteiger partial charge in [-0.2, -0.15) is 0 Å². The molecule has 0 bridgehead atoms. The van der Waals surface area contributed by atoms with Crippen molar-refractivity contribution in [1.29, 1.82) is 0 Å². The first-order chi connectivity index (χ1) is 12.6. The van der Waals surface area contributed by atoms with E-state index in [0.29, 0.717) is 16.5 Å². The van der Waals surface area contributed by atoms with Crippen molar-refractivity contribution in [2.45, 2.75) is 26.2 Å². The zero-order chi connectivity index (χ0) is 18.5. The van der Waals surface area contributed by atoms with Crippen LogP contribution in [0.25, 0.3) is 0 Å². The molecule has 3 N–H and O–H groups in total. The van der Waals surface area contributed by atoms with Gasteiger partial charge in [-0.15, -0.1) is 11.3 Å². The molecule has 138 valence electrons. The van der Waals surface area contributed by atoms with Crippen LogP contribution in [0.2, 0.25) is 0 Å². The number of anilines is 1. The highest BCUT2D eigenvalue weighted by Crippen LogP contribution is 2.32. The van der Waals surface area contributed by atoms with Crippen molar-refractivity contribution in [2.24, 2.45) is 5.92 Å². The molecule has 6 nitrogen and oxygen atoms in total. The first kappa shape index (κ1) is 18.3. The molecule has 1 aliphatic carbocycles. The minimum Gasteiger partial charge on any atom is -0.495 e. The van der Waals surface area contributed by atoms with E-state index in [9.17, 15) is 9.59 Å². The van der Waals surface area contributed by atoms with Gasteiger partial charge < -0.3 is 10.1 Å². The number of para-hydroxylation sites is 2. The number of hydrogen-bond donors (Lipinski definition) is 3. The molecule has 1 aromatic heterocycles. The number of rotatable bonds is 5. The number of hydrazine groups is 1. The van der Waals surface area contributed by atoms with E-state index >= 15 is 0 Å². The number of carbonyl (C=O) groups is 2. The third kappa shape index (κ3) is 4.35. The highest BCUT2D eigenvalue weighted by Gasteiger charge is 2.20. The fourth-order valence-corrected chi connectivity index (χ4v) is 4.12. The summed E-state index contributed by atoms with van der Waals surface area (Å²) in [4.78, 5) is 26.2. The van der Waals surface area contributed by atoms with E-state index in [4.69, 9.17) is 4.74 Å². The molecule has 0 fully saturated rings. The summed E-state index contributed by atoms with van der Waals surface area (Å²) in [6.07, 6.45) is 3.22. The molecule has 1 atom stereocenters. The second-order valence-electron chi connectivity index (χ2n) is 6.46. The number of ether oxygens (including phenoxy) is 1. The summed E-state index contributed by atoms with van der Waals surface area (Å²) >= 11 is 1.52. The van der Waals surface area contributed by atoms with Gasteiger partial charge in [0.2, 0.25) is 0 Å². The lowest BCUT2D eigenvalue weighted by Crippen LogP contribution is -2.43. The Balaban J connectivity index is 1.49. The SMILES string of the molecule is COc1ccccc1NCC(=O)NNC(=O)c1cc2c(s1)CCC(C)C2. The van der Waals surface area contributed by atoms with Gasteiger partial charge in [0.1, 0.15) is 5.75 Å². The smallest absolute Gasteiger partial charge is 0.279 e. The molecule has 0 radical (unpaired) electrons. The van der Waals surface area contributed by atoms with Crippen LogP contribution in [0.15, 0.2) is 30.3 Å². The first-order valence-corrected chi connectivity index (χ1v) is 9.46. The number of benzene rings is 1. The van der Waals surface area contributed by atoms with Gasteiger partial charge in [-0.3, -0.25) is 20.4 Å². The van der Waals surface area contributed by atoms with Gasteiger partial charge in [0.15, 0.2) is 0 Å². The molecule has 1 aromatic carbocycles. The average Bonchev–Trinajstić information content (AvgIpc) is 3.07. The highest BCUT2D eigenvalue weighted by molar-refractivity contribution is 7.14. The topological polar surface area (TPSA) is 79.5 Å². The Morgan fingerprint density at radius 3 is 2.88 bits per heavy atom. The van der Waals surface area contributed by atoms with Crippen LogP contribution < -0.4 is 20.9 Å². The summed E-state index contributed by atoms with van der Waals surface area (Å²) < 4.78 is 5.22. The lowest BCUT2D eigenvalue weighted by atomic mass is 9.90. The van der Waals surface area contributed by atoms with Crippen molar-refractivity contribution >= 4 is 28.8 Å². The number of nitrogens with one attached hydrogen (secondary N) is 3. The number of carbonyl (C=O) groups excluding carboxylic acids is 2. The van der Waals surface area contributed by atoms with Crippen molar-refractivity contribution in [1.82, 2.24) is 10.9 Å². The fourth-order valence-electron chi connectivity index (χ4n) is 3.02. The Morgan fingerprint density at radius 1 is 1.27 bits per heavy atom. The Kier molecular flexibility index (Phi) is 5.78. The van der Waals surface area contributed by atoms with E-state index in [2.05, 4.69) is 23.1 Å². The first-order valence-electron chi connectivity index (χ1n) is 8.64. The summed E-state index contributed by atoms with van der Waals surface area (Å²) in [6.45, 7) is 2.26. The van der Waals surface area contributed by atoms with Gasteiger partial charge in [0, 0.05) is 4.88 Å². The quantitative estimate of drug-likeness (QED) is 0.704. The number of aryl methyl sites for hydroxylation is 1. The van der Waals surface area contributed by atoms with Crippen molar-refractivity contribution < 1.29 is 14.3 Å². The minimum atomic E-state index is -0.334. The van der Waals surface area contributed by atoms with E-state index in [1.54, 1.807) is 13.2 Å². The van der Waals surface area contributed by atoms with Gasteiger partial charge in [-0.05, 0) is 48.9 Å². The molecule has 0 spiro atoms. The molecule has 0 aliphatic heterocycles. The highest BCUT2D eigenvalue weighted by atomic mass is 32.1. The van der Waals surface area contributed by atoms with Crippen LogP contribution >= 0.6 is 11.3 Å². The van der Waals surface area contributed by atoms with Crippen LogP contribution in [-0.4, -0.2) is 25.5 Å². The summed E-state index contributed by atoms with van der Waals surface area (Å²) in [6, 6.07) is 9.28. The van der Waals surface area contributed by atoms with E-state index in [1.807, 2.05) is 24.3 Å². The number of methoxy groups -OCH3 is 1. The van der Waals surface area contributed by atoms with Crippen LogP contribution in [0.3, 0.4) is 0 Å². The Morgan fingerprint density at radius 2 is 2.08 bits per heavy atom. The lowest BCUT2D eigenvalue weighted by molar-refractivity contribution is -0.120. The maximum absolute atomic E-state index is 12.3. The number of amides is 2. The molecule has 1 aliphatic rings. The van der Waals surface area contributed by atoms with Gasteiger partial charge >= 0.3 is 0 Å². The molecule has 26 heavy (non-hydrogen) atoms. The fraction of sp³-hybridized carbons (Fsp3) is 0.368. The molecule has 1 heterocycles. The van der Waals surface area contributed by atoms with Crippen molar-refractivity contribution in [3.8, 4) is 5.75 Å². The molecule has 7 heteroatoms. The van der Waals surface area contributed by atoms with Crippen LogP contribution in [0, 0.1) is 5.92 Å². The Hall–Kier alpha value is -2.54. The van der Waals surface area contributed by atoms with Crippen molar-refractivity contribution in [3.63, 3.8) is 0 Å². The number of hydrogen-bond acceptors (Lipinski definition) is 5. The monoisotopic (exact) mass is 373 g/mol. The van der Waals surface area contributed by atoms with Crippen LogP contribution in [0.4, 0.5) is 5.69 Å². The molecule has 2 aromatic rings. The maximum Gasteiger partial charge on any atom is 0.279 e. The third-order valence-electron chi connectivity index (χ3n) is 4.41. The molecule has 0 saturated carbocycles. The summed E-state index contributed by atoms with van der Waals surface area (Å²) in [5.41, 5.74) is 6.91. The van der Waals surface area contributed by atoms with Crippen molar-refractivity contribution in [3.05, 3.63) is 45.6 Å². The standard InChI is InChI=1S/C19H23N3O3S/c1-12-7-8-16-13(9-12)10-17(26-16)19(24)22-21-18(23)11-20-14-5-3-4-6-15(14)25-2/h3-6,10,12,20H,7-9,11H2,1-2H3,(H,21,23)(H,22,24). The molecular weight excluding hydrogens is 350 g/mol. The largest absolute Gasteiger partial charge is 0.495 e. The van der Waals surface area contributed by atoms with Crippen molar-refractivity contribution in [2.75, 3.05) is 19.0 Å². The zero-order valence-corrected chi connectivity index (χ0v) is 15.7. The van der Waals surface area contributed by atoms with E-state index in [0.717, 1.165) is 18.5 Å². The molecule has 3 rings (SSSR count). The zero-order valence-electron chi connectivity index (χ0n) is 14.9. The van der Waals surface area contributed by atoms with Crippen LogP contribution in [0.1, 0.15) is 33.5 Å².